The lowest BCUT2D eigenvalue weighted by molar-refractivity contribution is -0.119. The van der Waals surface area contributed by atoms with Gasteiger partial charge in [0.1, 0.15) is 23.2 Å². The van der Waals surface area contributed by atoms with Crippen molar-refractivity contribution in [3.63, 3.8) is 0 Å². The average Bonchev–Trinajstić information content (AvgIpc) is 3.01. The van der Waals surface area contributed by atoms with Crippen molar-refractivity contribution in [3.05, 3.63) is 41.2 Å². The Morgan fingerprint density at radius 1 is 1.11 bits per heavy atom. The Balaban J connectivity index is 2.21. The number of alkyl halides is 6. The molecule has 1 N–H and O–H groups in total. The molecule has 0 aliphatic rings. The van der Waals surface area contributed by atoms with Crippen LogP contribution in [0, 0.1) is 6.92 Å². The van der Waals surface area contributed by atoms with Crippen LogP contribution < -0.4 is 10.1 Å². The Labute approximate surface area is 149 Å². The molecule has 1 unspecified atom stereocenters. The minimum absolute atomic E-state index is 0.123. The monoisotopic (exact) mass is 395 g/mol. The van der Waals surface area contributed by atoms with E-state index in [-0.39, 0.29) is 11.4 Å². The van der Waals surface area contributed by atoms with Gasteiger partial charge in [-0.15, -0.1) is 0 Å². The van der Waals surface area contributed by atoms with Crippen LogP contribution in [-0.4, -0.2) is 22.3 Å². The first-order chi connectivity index (χ1) is 12.6. The lowest BCUT2D eigenvalue weighted by atomic mass is 10.2. The maximum absolute atomic E-state index is 13.1. The molecular formula is C16H15F6N3O2. The summed E-state index contributed by atoms with van der Waals surface area (Å²) in [6, 6.07) is 2.95. The van der Waals surface area contributed by atoms with Crippen LogP contribution in [0.25, 0.3) is 0 Å². The maximum atomic E-state index is 13.1. The van der Waals surface area contributed by atoms with Gasteiger partial charge in [0, 0.05) is 5.69 Å². The van der Waals surface area contributed by atoms with E-state index in [1.165, 1.54) is 32.0 Å². The zero-order valence-corrected chi connectivity index (χ0v) is 14.1. The molecule has 0 saturated carbocycles. The summed E-state index contributed by atoms with van der Waals surface area (Å²) in [5.74, 6) is -0.923. The molecule has 148 valence electrons. The topological polar surface area (TPSA) is 56.1 Å². The molecule has 1 aromatic heterocycles. The molecule has 0 fully saturated rings. The van der Waals surface area contributed by atoms with E-state index < -0.39 is 42.8 Å². The highest BCUT2D eigenvalue weighted by atomic mass is 19.3. The minimum atomic E-state index is -3.10. The lowest BCUT2D eigenvalue weighted by Gasteiger charge is -2.17. The second kappa shape index (κ2) is 8.31. The summed E-state index contributed by atoms with van der Waals surface area (Å²) in [4.78, 5) is 12.3. The SMILES string of the molecule is Cc1cc(OC(F)F)ccc1NC(=O)C(C)n1nc(C(F)F)cc1C(F)F. The number of carbonyl (C=O) groups excluding carboxylic acids is 1. The third-order valence-electron chi connectivity index (χ3n) is 3.66. The van der Waals surface area contributed by atoms with E-state index in [0.717, 1.165) is 0 Å². The van der Waals surface area contributed by atoms with Gasteiger partial charge < -0.3 is 10.1 Å². The smallest absolute Gasteiger partial charge is 0.387 e. The van der Waals surface area contributed by atoms with Crippen LogP contribution in [0.4, 0.5) is 32.0 Å². The highest BCUT2D eigenvalue weighted by molar-refractivity contribution is 5.94. The Kier molecular flexibility index (Phi) is 6.34. The second-order valence-electron chi connectivity index (χ2n) is 5.56. The number of hydrogen-bond donors (Lipinski definition) is 1. The van der Waals surface area contributed by atoms with E-state index in [9.17, 15) is 31.1 Å². The van der Waals surface area contributed by atoms with Crippen LogP contribution >= 0.6 is 0 Å². The summed E-state index contributed by atoms with van der Waals surface area (Å²) < 4.78 is 80.7. The van der Waals surface area contributed by atoms with Gasteiger partial charge in [0.2, 0.25) is 5.91 Å². The largest absolute Gasteiger partial charge is 0.435 e. The van der Waals surface area contributed by atoms with E-state index in [0.29, 0.717) is 16.3 Å². The van der Waals surface area contributed by atoms with Crippen LogP contribution in [0.3, 0.4) is 0 Å². The van der Waals surface area contributed by atoms with E-state index in [1.807, 2.05) is 0 Å². The Hall–Kier alpha value is -2.72. The van der Waals surface area contributed by atoms with Crippen molar-refractivity contribution in [2.24, 2.45) is 0 Å². The van der Waals surface area contributed by atoms with Gasteiger partial charge in [-0.2, -0.15) is 13.9 Å². The Bertz CT molecular complexity index is 809. The van der Waals surface area contributed by atoms with Gasteiger partial charge >= 0.3 is 6.61 Å². The molecule has 0 radical (unpaired) electrons. The Morgan fingerprint density at radius 3 is 2.30 bits per heavy atom. The fraction of sp³-hybridized carbons (Fsp3) is 0.375. The number of rotatable bonds is 7. The van der Waals surface area contributed by atoms with Crippen molar-refractivity contribution in [3.8, 4) is 5.75 Å². The fourth-order valence-corrected chi connectivity index (χ4v) is 2.31. The van der Waals surface area contributed by atoms with Crippen molar-refractivity contribution in [2.45, 2.75) is 39.4 Å². The predicted molar refractivity (Wildman–Crippen MR) is 83.3 cm³/mol. The molecule has 0 bridgehead atoms. The molecule has 1 atom stereocenters. The highest BCUT2D eigenvalue weighted by Crippen LogP contribution is 2.28. The number of nitrogens with one attached hydrogen (secondary N) is 1. The first-order valence-electron chi connectivity index (χ1n) is 7.62. The molecule has 2 aromatic rings. The molecule has 0 aliphatic heterocycles. The summed E-state index contributed by atoms with van der Waals surface area (Å²) in [6.07, 6.45) is -6.17. The zero-order chi connectivity index (χ0) is 20.3. The van der Waals surface area contributed by atoms with E-state index in [1.54, 1.807) is 0 Å². The number of anilines is 1. The molecule has 5 nitrogen and oxygen atoms in total. The van der Waals surface area contributed by atoms with Crippen LogP contribution in [0.1, 0.15) is 42.8 Å². The van der Waals surface area contributed by atoms with Crippen molar-refractivity contribution in [1.82, 2.24) is 9.78 Å². The first kappa shape index (κ1) is 20.6. The fourth-order valence-electron chi connectivity index (χ4n) is 2.31. The van der Waals surface area contributed by atoms with Crippen LogP contribution in [0.5, 0.6) is 5.75 Å². The summed E-state index contributed by atoms with van der Waals surface area (Å²) in [5.41, 5.74) is -1.09. The molecule has 11 heteroatoms. The van der Waals surface area contributed by atoms with Gasteiger partial charge in [-0.25, -0.2) is 17.6 Å². The van der Waals surface area contributed by atoms with Crippen molar-refractivity contribution >= 4 is 11.6 Å². The molecule has 0 spiro atoms. The summed E-state index contributed by atoms with van der Waals surface area (Å²) >= 11 is 0. The number of carbonyl (C=O) groups is 1. The Morgan fingerprint density at radius 2 is 1.78 bits per heavy atom. The van der Waals surface area contributed by atoms with Gasteiger partial charge in [0.05, 0.1) is 0 Å². The zero-order valence-electron chi connectivity index (χ0n) is 14.1. The second-order valence-corrected chi connectivity index (χ2v) is 5.56. The lowest BCUT2D eigenvalue weighted by Crippen LogP contribution is -2.26. The number of aryl methyl sites for hydroxylation is 1. The average molecular weight is 395 g/mol. The summed E-state index contributed by atoms with van der Waals surface area (Å²) in [6.45, 7) is -0.291. The van der Waals surface area contributed by atoms with Crippen LogP contribution in [0.15, 0.2) is 24.3 Å². The number of halogens is 6. The van der Waals surface area contributed by atoms with E-state index in [2.05, 4.69) is 15.2 Å². The van der Waals surface area contributed by atoms with Gasteiger partial charge in [-0.3, -0.25) is 9.48 Å². The maximum Gasteiger partial charge on any atom is 0.387 e. The van der Waals surface area contributed by atoms with Crippen LogP contribution in [0.2, 0.25) is 0 Å². The molecule has 0 aliphatic carbocycles. The number of amides is 1. The number of aromatic nitrogens is 2. The molecule has 27 heavy (non-hydrogen) atoms. The molecule has 0 saturated heterocycles. The quantitative estimate of drug-likeness (QED) is 0.681. The number of hydrogen-bond acceptors (Lipinski definition) is 3. The van der Waals surface area contributed by atoms with Crippen LogP contribution in [-0.2, 0) is 4.79 Å². The van der Waals surface area contributed by atoms with Gasteiger partial charge in [0.25, 0.3) is 12.9 Å². The van der Waals surface area contributed by atoms with Gasteiger partial charge in [0.15, 0.2) is 0 Å². The third kappa shape index (κ3) is 4.92. The number of nitrogens with zero attached hydrogens (tertiary/aromatic N) is 2. The van der Waals surface area contributed by atoms with Crippen molar-refractivity contribution in [2.75, 3.05) is 5.32 Å². The summed E-state index contributed by atoms with van der Waals surface area (Å²) in [7, 11) is 0. The number of ether oxygens (including phenoxy) is 1. The highest BCUT2D eigenvalue weighted by Gasteiger charge is 2.27. The molecule has 1 heterocycles. The predicted octanol–water partition coefficient (Wildman–Crippen LogP) is 4.87. The molecule has 1 aromatic carbocycles. The molecule has 2 rings (SSSR count). The van der Waals surface area contributed by atoms with Crippen molar-refractivity contribution in [1.29, 1.82) is 0 Å². The van der Waals surface area contributed by atoms with Gasteiger partial charge in [-0.05, 0) is 43.7 Å². The first-order valence-corrected chi connectivity index (χ1v) is 7.62. The minimum Gasteiger partial charge on any atom is -0.435 e. The standard InChI is InChI=1S/C16H15F6N3O2/c1-7-5-9(27-16(21)22)3-4-10(7)23-15(26)8(2)25-12(14(19)20)6-11(24-25)13(17)18/h3-6,8,13-14,16H,1-2H3,(H,23,26). The normalized spacial score (nSPS) is 12.7. The van der Waals surface area contributed by atoms with E-state index >= 15 is 0 Å². The third-order valence-corrected chi connectivity index (χ3v) is 3.66. The molecular weight excluding hydrogens is 380 g/mol. The van der Waals surface area contributed by atoms with Crippen molar-refractivity contribution < 1.29 is 35.9 Å². The van der Waals surface area contributed by atoms with E-state index in [4.69, 9.17) is 0 Å². The van der Waals surface area contributed by atoms with Gasteiger partial charge in [-0.1, -0.05) is 0 Å². The molecule has 1 amide bonds. The number of benzene rings is 1. The summed E-state index contributed by atoms with van der Waals surface area (Å²) in [5, 5.41) is 5.80.